The molecule has 1 aliphatic heterocycles. The Bertz CT molecular complexity index is 636. The highest BCUT2D eigenvalue weighted by Gasteiger charge is 2.50. The number of carbonyl (C=O) groups excluding carboxylic acids is 1. The van der Waals surface area contributed by atoms with Gasteiger partial charge in [0.1, 0.15) is 18.8 Å². The first-order valence-corrected chi connectivity index (χ1v) is 10.1. The summed E-state index contributed by atoms with van der Waals surface area (Å²) < 4.78 is 50.8. The van der Waals surface area contributed by atoms with Crippen molar-refractivity contribution in [2.24, 2.45) is 0 Å². The zero-order valence-corrected chi connectivity index (χ0v) is 16.3. The molecule has 168 valence electrons. The fourth-order valence-electron chi connectivity index (χ4n) is 2.32. The van der Waals surface area contributed by atoms with Crippen molar-refractivity contribution < 1.29 is 57.1 Å². The van der Waals surface area contributed by atoms with E-state index in [0.29, 0.717) is 12.8 Å². The van der Waals surface area contributed by atoms with Crippen LogP contribution in [-0.2, 0) is 33.9 Å². The van der Waals surface area contributed by atoms with Gasteiger partial charge in [-0.1, -0.05) is 13.0 Å². The van der Waals surface area contributed by atoms with Crippen molar-refractivity contribution in [2.75, 3.05) is 13.2 Å². The van der Waals surface area contributed by atoms with Gasteiger partial charge in [0.2, 0.25) is 6.10 Å². The van der Waals surface area contributed by atoms with Gasteiger partial charge in [-0.15, -0.1) is 0 Å². The van der Waals surface area contributed by atoms with Crippen LogP contribution in [0.1, 0.15) is 19.3 Å². The Hall–Kier alpha value is -1.61. The van der Waals surface area contributed by atoms with Gasteiger partial charge >= 0.3 is 16.1 Å². The summed E-state index contributed by atoms with van der Waals surface area (Å²) in [6, 6.07) is 0. The summed E-state index contributed by atoms with van der Waals surface area (Å²) >= 11 is 0. The van der Waals surface area contributed by atoms with E-state index in [-0.39, 0.29) is 12.2 Å². The maximum Gasteiger partial charge on any atom is 0.424 e. The van der Waals surface area contributed by atoms with Crippen molar-refractivity contribution in [3.63, 3.8) is 0 Å². The monoisotopic (exact) mass is 441 g/mol. The molecule has 0 amide bonds. The number of aliphatic hydroxyl groups excluding tert-OH is 3. The summed E-state index contributed by atoms with van der Waals surface area (Å²) in [7, 11) is -4.69. The highest BCUT2D eigenvalue weighted by Crippen LogP contribution is 2.25. The van der Waals surface area contributed by atoms with Gasteiger partial charge in [0.25, 0.3) is 5.75 Å². The van der Waals surface area contributed by atoms with Gasteiger partial charge in [-0.05, 0) is 0 Å². The number of hydrogen-bond donors (Lipinski definition) is 4. The average molecular weight is 441 g/mol. The minimum Gasteiger partial charge on any atom is -0.604 e. The molecular formula is C16H25O12S-. The van der Waals surface area contributed by atoms with Crippen LogP contribution in [0, 0.1) is 12.7 Å². The normalized spacial score (nSPS) is 28.4. The number of ether oxygens (including phenoxy) is 4. The Morgan fingerprint density at radius 1 is 1.24 bits per heavy atom. The van der Waals surface area contributed by atoms with Crippen LogP contribution in [0.3, 0.4) is 0 Å². The second kappa shape index (κ2) is 11.5. The van der Waals surface area contributed by atoms with Gasteiger partial charge in [0.05, 0.1) is 12.7 Å². The summed E-state index contributed by atoms with van der Waals surface area (Å²) in [5.74, 6) is -1.29. The standard InChI is InChI=1S/C16H26O12S/c1-3-4-5-12(18)25-6-10(27-9(2)17)7-26-16-15(21)14(20)13(19)11(28-16)8-29(22,23)24/h8,10-11,13-17,19-21H,1-7H2,(H,22,23,24)/p-1/t10-,11-,13-,14+,15-,16-/m1/s1. The molecule has 4 N–H and O–H groups in total. The van der Waals surface area contributed by atoms with Gasteiger partial charge in [0, 0.05) is 12.4 Å². The fourth-order valence-corrected chi connectivity index (χ4v) is 2.89. The SMILES string of the molecule is C=C([O-])O[C@H](COC(=O)CCC[CH2-])CO[C@@H]1O[C@H]([CH+]S(=O)(=O)O)[C@@H](O)[C@H](O)[C@H]1O. The van der Waals surface area contributed by atoms with E-state index in [0.717, 1.165) is 0 Å². The quantitative estimate of drug-likeness (QED) is 0.109. The molecule has 0 aromatic rings. The molecule has 0 saturated carbocycles. The molecule has 0 radical (unpaired) electrons. The van der Waals surface area contributed by atoms with Crippen molar-refractivity contribution in [2.45, 2.75) is 56.1 Å². The van der Waals surface area contributed by atoms with Crippen LogP contribution in [-0.4, -0.2) is 84.3 Å². The minimum atomic E-state index is -4.69. The van der Waals surface area contributed by atoms with E-state index in [4.69, 9.17) is 23.5 Å². The Balaban J connectivity index is 2.69. The van der Waals surface area contributed by atoms with Crippen LogP contribution < -0.4 is 5.11 Å². The zero-order valence-electron chi connectivity index (χ0n) is 15.5. The summed E-state index contributed by atoms with van der Waals surface area (Å²) in [6.07, 6.45) is -8.92. The maximum atomic E-state index is 11.5. The molecule has 0 aliphatic carbocycles. The third-order valence-corrected chi connectivity index (χ3v) is 4.33. The first-order chi connectivity index (χ1) is 13.4. The molecule has 0 aromatic heterocycles. The summed E-state index contributed by atoms with van der Waals surface area (Å²) in [4.78, 5) is 11.5. The molecule has 6 atom stereocenters. The van der Waals surface area contributed by atoms with Crippen LogP contribution in [0.25, 0.3) is 0 Å². The van der Waals surface area contributed by atoms with Gasteiger partial charge < -0.3 is 46.3 Å². The van der Waals surface area contributed by atoms with Gasteiger partial charge in [-0.25, -0.2) is 0 Å². The molecule has 0 spiro atoms. The second-order valence-electron chi connectivity index (χ2n) is 6.18. The van der Waals surface area contributed by atoms with Crippen molar-refractivity contribution in [3.05, 3.63) is 25.2 Å². The van der Waals surface area contributed by atoms with E-state index < -0.39 is 72.1 Å². The van der Waals surface area contributed by atoms with Gasteiger partial charge in [-0.2, -0.15) is 14.8 Å². The highest BCUT2D eigenvalue weighted by molar-refractivity contribution is 7.87. The fraction of sp³-hybridized carbons (Fsp3) is 0.688. The second-order valence-corrected chi connectivity index (χ2v) is 7.48. The molecule has 0 aromatic carbocycles. The Morgan fingerprint density at radius 2 is 1.90 bits per heavy atom. The molecule has 1 rings (SSSR count). The van der Waals surface area contributed by atoms with Crippen molar-refractivity contribution in [1.29, 1.82) is 0 Å². The number of rotatable bonds is 12. The van der Waals surface area contributed by atoms with E-state index in [9.17, 15) is 33.6 Å². The van der Waals surface area contributed by atoms with Gasteiger partial charge in [0.15, 0.2) is 12.4 Å². The smallest absolute Gasteiger partial charge is 0.424 e. The summed E-state index contributed by atoms with van der Waals surface area (Å²) in [5, 5.41) is 40.6. The highest BCUT2D eigenvalue weighted by atomic mass is 32.2. The number of esters is 1. The minimum absolute atomic E-state index is 0.108. The number of carbonyl (C=O) groups is 1. The van der Waals surface area contributed by atoms with Crippen molar-refractivity contribution >= 4 is 16.1 Å². The summed E-state index contributed by atoms with van der Waals surface area (Å²) in [6.45, 7) is 5.71. The molecule has 29 heavy (non-hydrogen) atoms. The van der Waals surface area contributed by atoms with Crippen molar-refractivity contribution in [3.8, 4) is 0 Å². The molecule has 1 saturated heterocycles. The predicted octanol–water partition coefficient (Wildman–Crippen LogP) is -2.38. The Kier molecular flexibility index (Phi) is 10.1. The molecule has 0 unspecified atom stereocenters. The Morgan fingerprint density at radius 3 is 2.45 bits per heavy atom. The molecule has 0 bridgehead atoms. The molecule has 1 heterocycles. The average Bonchev–Trinajstić information content (AvgIpc) is 2.62. The number of aliphatic hydroxyl groups is 3. The van der Waals surface area contributed by atoms with Crippen LogP contribution >= 0.6 is 0 Å². The van der Waals surface area contributed by atoms with E-state index in [1.807, 2.05) is 0 Å². The van der Waals surface area contributed by atoms with E-state index >= 15 is 0 Å². The van der Waals surface area contributed by atoms with Crippen LogP contribution in [0.15, 0.2) is 12.5 Å². The van der Waals surface area contributed by atoms with Crippen LogP contribution in [0.4, 0.5) is 0 Å². The van der Waals surface area contributed by atoms with E-state index in [2.05, 4.69) is 13.5 Å². The zero-order chi connectivity index (χ0) is 22.2. The van der Waals surface area contributed by atoms with E-state index in [1.165, 1.54) is 0 Å². The largest absolute Gasteiger partial charge is 0.604 e. The molecule has 1 aliphatic rings. The lowest BCUT2D eigenvalue weighted by atomic mass is 10.00. The lowest BCUT2D eigenvalue weighted by Crippen LogP contribution is -2.59. The van der Waals surface area contributed by atoms with Crippen LogP contribution in [0.2, 0.25) is 0 Å². The number of hydrogen-bond acceptors (Lipinski definition) is 11. The first-order valence-electron chi connectivity index (χ1n) is 8.55. The van der Waals surface area contributed by atoms with Crippen molar-refractivity contribution in [1.82, 2.24) is 0 Å². The van der Waals surface area contributed by atoms with Gasteiger partial charge in [-0.3, -0.25) is 9.35 Å². The first kappa shape index (κ1) is 25.4. The molecular weight excluding hydrogens is 416 g/mol. The topological polar surface area (TPSA) is 192 Å². The molecule has 12 nitrogen and oxygen atoms in total. The Labute approximate surface area is 168 Å². The van der Waals surface area contributed by atoms with Crippen LogP contribution in [0.5, 0.6) is 0 Å². The lowest BCUT2D eigenvalue weighted by molar-refractivity contribution is -0.367. The molecule has 13 heteroatoms. The lowest BCUT2D eigenvalue weighted by Gasteiger charge is -2.37. The van der Waals surface area contributed by atoms with E-state index in [1.54, 1.807) is 0 Å². The third-order valence-electron chi connectivity index (χ3n) is 3.72. The number of unbranched alkanes of at least 4 members (excludes halogenated alkanes) is 1. The maximum absolute atomic E-state index is 11.5. The predicted molar refractivity (Wildman–Crippen MR) is 92.7 cm³/mol. The summed E-state index contributed by atoms with van der Waals surface area (Å²) in [5.41, 5.74) is 0. The third kappa shape index (κ3) is 9.16. The molecule has 1 fully saturated rings.